The minimum atomic E-state index is -0.0381. The zero-order valence-corrected chi connectivity index (χ0v) is 14.9. The van der Waals surface area contributed by atoms with Crippen molar-refractivity contribution in [2.45, 2.75) is 44.6 Å². The molecule has 1 aromatic rings. The molecule has 1 aromatic carbocycles. The number of benzene rings is 1. The van der Waals surface area contributed by atoms with Crippen LogP contribution in [0.5, 0.6) is 5.75 Å². The summed E-state index contributed by atoms with van der Waals surface area (Å²) in [7, 11) is 3.79. The number of likely N-dealkylation sites (N-methyl/N-ethyl adjacent to an activating group) is 1. The number of nitrogens with zero attached hydrogens (tertiary/aromatic N) is 1. The predicted octanol–water partition coefficient (Wildman–Crippen LogP) is 3.30. The number of anilines is 1. The van der Waals surface area contributed by atoms with Crippen molar-refractivity contribution in [2.75, 3.05) is 39.2 Å². The van der Waals surface area contributed by atoms with Crippen molar-refractivity contribution in [3.63, 3.8) is 0 Å². The van der Waals surface area contributed by atoms with E-state index in [2.05, 4.69) is 17.3 Å². The summed E-state index contributed by atoms with van der Waals surface area (Å²) < 4.78 is 10.8. The molecule has 1 saturated carbocycles. The van der Waals surface area contributed by atoms with Crippen molar-refractivity contribution in [3.05, 3.63) is 24.3 Å². The monoisotopic (exact) mass is 334 g/mol. The van der Waals surface area contributed by atoms with Gasteiger partial charge in [-0.3, -0.25) is 4.79 Å². The zero-order chi connectivity index (χ0) is 17.2. The van der Waals surface area contributed by atoms with Crippen molar-refractivity contribution in [3.8, 4) is 5.75 Å². The molecule has 1 aliphatic carbocycles. The van der Waals surface area contributed by atoms with Gasteiger partial charge in [0.05, 0.1) is 26.7 Å². The van der Waals surface area contributed by atoms with Crippen molar-refractivity contribution in [2.24, 2.45) is 0 Å². The normalized spacial score (nSPS) is 15.5. The summed E-state index contributed by atoms with van der Waals surface area (Å²) in [6.07, 6.45) is 7.05. The lowest BCUT2D eigenvalue weighted by molar-refractivity contribution is -0.117. The first-order chi connectivity index (χ1) is 11.7. The standard InChI is InChI=1S/C19H30N2O3/c1-21(17-8-4-3-5-9-17)12-14-24-13-11-19(22)20-16-7-6-10-18(15-16)23-2/h6-7,10,15,17H,3-5,8-9,11-14H2,1-2H3,(H,20,22). The second kappa shape index (κ2) is 10.3. The fourth-order valence-electron chi connectivity index (χ4n) is 3.10. The Balaban J connectivity index is 1.57. The maximum atomic E-state index is 11.9. The number of hydrogen-bond acceptors (Lipinski definition) is 4. The Morgan fingerprint density at radius 1 is 1.25 bits per heavy atom. The zero-order valence-electron chi connectivity index (χ0n) is 14.9. The fourth-order valence-corrected chi connectivity index (χ4v) is 3.10. The molecule has 0 unspecified atom stereocenters. The molecule has 1 amide bonds. The van der Waals surface area contributed by atoms with Gasteiger partial charge in [0.25, 0.3) is 0 Å². The molecule has 5 heteroatoms. The summed E-state index contributed by atoms with van der Waals surface area (Å²) >= 11 is 0. The molecule has 0 aliphatic heterocycles. The summed E-state index contributed by atoms with van der Waals surface area (Å²) in [4.78, 5) is 14.3. The quantitative estimate of drug-likeness (QED) is 0.704. The van der Waals surface area contributed by atoms with E-state index in [-0.39, 0.29) is 5.91 Å². The van der Waals surface area contributed by atoms with E-state index in [1.165, 1.54) is 32.1 Å². The first kappa shape index (κ1) is 18.7. The lowest BCUT2D eigenvalue weighted by Crippen LogP contribution is -2.35. The Labute approximate surface area is 145 Å². The summed E-state index contributed by atoms with van der Waals surface area (Å²) in [5.41, 5.74) is 0.747. The second-order valence-corrected chi connectivity index (χ2v) is 6.41. The molecule has 1 fully saturated rings. The molecular formula is C19H30N2O3. The Morgan fingerprint density at radius 2 is 2.04 bits per heavy atom. The Morgan fingerprint density at radius 3 is 2.79 bits per heavy atom. The molecule has 0 bridgehead atoms. The van der Waals surface area contributed by atoms with E-state index < -0.39 is 0 Å². The van der Waals surface area contributed by atoms with Crippen molar-refractivity contribution in [1.29, 1.82) is 0 Å². The van der Waals surface area contributed by atoms with Crippen LogP contribution in [-0.4, -0.2) is 50.8 Å². The molecular weight excluding hydrogens is 304 g/mol. The number of ether oxygens (including phenoxy) is 2. The molecule has 0 radical (unpaired) electrons. The van der Waals surface area contributed by atoms with Crippen LogP contribution in [0.2, 0.25) is 0 Å². The van der Waals surface area contributed by atoms with Gasteiger partial charge >= 0.3 is 0 Å². The van der Waals surface area contributed by atoms with Crippen molar-refractivity contribution < 1.29 is 14.3 Å². The van der Waals surface area contributed by atoms with Gasteiger partial charge in [-0.1, -0.05) is 25.3 Å². The Hall–Kier alpha value is -1.59. The SMILES string of the molecule is COc1cccc(NC(=O)CCOCCN(C)C2CCCCC2)c1. The average Bonchev–Trinajstić information content (AvgIpc) is 2.62. The minimum Gasteiger partial charge on any atom is -0.497 e. The summed E-state index contributed by atoms with van der Waals surface area (Å²) in [5, 5.41) is 2.86. The second-order valence-electron chi connectivity index (χ2n) is 6.41. The van der Waals surface area contributed by atoms with Crippen LogP contribution in [-0.2, 0) is 9.53 Å². The molecule has 0 saturated heterocycles. The average molecular weight is 334 g/mol. The van der Waals surface area contributed by atoms with Crippen LogP contribution in [0, 0.1) is 0 Å². The predicted molar refractivity (Wildman–Crippen MR) is 96.6 cm³/mol. The molecule has 0 spiro atoms. The molecule has 0 aromatic heterocycles. The fraction of sp³-hybridized carbons (Fsp3) is 0.632. The van der Waals surface area contributed by atoms with Gasteiger partial charge in [-0.2, -0.15) is 0 Å². The highest BCUT2D eigenvalue weighted by atomic mass is 16.5. The third-order valence-electron chi connectivity index (χ3n) is 4.61. The smallest absolute Gasteiger partial charge is 0.226 e. The number of carbonyl (C=O) groups excluding carboxylic acids is 1. The van der Waals surface area contributed by atoms with Gasteiger partial charge in [0.1, 0.15) is 5.75 Å². The molecule has 1 N–H and O–H groups in total. The molecule has 0 heterocycles. The van der Waals surface area contributed by atoms with Gasteiger partial charge in [0, 0.05) is 24.3 Å². The largest absolute Gasteiger partial charge is 0.497 e. The molecule has 5 nitrogen and oxygen atoms in total. The van der Waals surface area contributed by atoms with Gasteiger partial charge < -0.3 is 19.7 Å². The van der Waals surface area contributed by atoms with Crippen molar-refractivity contribution in [1.82, 2.24) is 4.90 Å². The van der Waals surface area contributed by atoms with Crippen LogP contribution >= 0.6 is 0 Å². The van der Waals surface area contributed by atoms with Gasteiger partial charge in [-0.05, 0) is 32.0 Å². The minimum absolute atomic E-state index is 0.0381. The first-order valence-electron chi connectivity index (χ1n) is 8.91. The molecule has 24 heavy (non-hydrogen) atoms. The number of nitrogens with one attached hydrogen (secondary N) is 1. The summed E-state index contributed by atoms with van der Waals surface area (Å²) in [5.74, 6) is 0.693. The van der Waals surface area contributed by atoms with Crippen LogP contribution in [0.15, 0.2) is 24.3 Å². The van der Waals surface area contributed by atoms with E-state index in [9.17, 15) is 4.79 Å². The van der Waals surface area contributed by atoms with Crippen LogP contribution in [0.25, 0.3) is 0 Å². The topological polar surface area (TPSA) is 50.8 Å². The van der Waals surface area contributed by atoms with E-state index in [0.717, 1.165) is 18.0 Å². The van der Waals surface area contributed by atoms with Crippen LogP contribution in [0.1, 0.15) is 38.5 Å². The maximum Gasteiger partial charge on any atom is 0.226 e. The van der Waals surface area contributed by atoms with E-state index in [1.54, 1.807) is 13.2 Å². The highest BCUT2D eigenvalue weighted by molar-refractivity contribution is 5.90. The van der Waals surface area contributed by atoms with E-state index in [1.807, 2.05) is 18.2 Å². The molecule has 2 rings (SSSR count). The van der Waals surface area contributed by atoms with Crippen LogP contribution < -0.4 is 10.1 Å². The number of hydrogen-bond donors (Lipinski definition) is 1. The van der Waals surface area contributed by atoms with E-state index >= 15 is 0 Å². The van der Waals surface area contributed by atoms with Gasteiger partial charge in [-0.25, -0.2) is 0 Å². The number of rotatable bonds is 9. The molecule has 134 valence electrons. The number of amides is 1. The van der Waals surface area contributed by atoms with Crippen molar-refractivity contribution >= 4 is 11.6 Å². The Kier molecular flexibility index (Phi) is 8.05. The van der Waals surface area contributed by atoms with Gasteiger partial charge in [-0.15, -0.1) is 0 Å². The maximum absolute atomic E-state index is 11.9. The van der Waals surface area contributed by atoms with E-state index in [0.29, 0.717) is 25.7 Å². The lowest BCUT2D eigenvalue weighted by atomic mass is 9.94. The van der Waals surface area contributed by atoms with Crippen LogP contribution in [0.4, 0.5) is 5.69 Å². The van der Waals surface area contributed by atoms with Gasteiger partial charge in [0.15, 0.2) is 0 Å². The third-order valence-corrected chi connectivity index (χ3v) is 4.61. The third kappa shape index (κ3) is 6.49. The summed E-state index contributed by atoms with van der Waals surface area (Å²) in [6, 6.07) is 8.06. The lowest BCUT2D eigenvalue weighted by Gasteiger charge is -2.30. The first-order valence-corrected chi connectivity index (χ1v) is 8.91. The molecule has 0 atom stereocenters. The molecule has 1 aliphatic rings. The van der Waals surface area contributed by atoms with Crippen LogP contribution in [0.3, 0.4) is 0 Å². The van der Waals surface area contributed by atoms with E-state index in [4.69, 9.17) is 9.47 Å². The van der Waals surface area contributed by atoms with Gasteiger partial charge in [0.2, 0.25) is 5.91 Å². The Bertz CT molecular complexity index is 501. The number of carbonyl (C=O) groups is 1. The number of methoxy groups -OCH3 is 1. The summed E-state index contributed by atoms with van der Waals surface area (Å²) in [6.45, 7) is 2.07. The highest BCUT2D eigenvalue weighted by Crippen LogP contribution is 2.21. The highest BCUT2D eigenvalue weighted by Gasteiger charge is 2.17.